The molecule has 0 bridgehead atoms. The van der Waals surface area contributed by atoms with Crippen LogP contribution in [0.4, 0.5) is 4.39 Å². The van der Waals surface area contributed by atoms with Crippen LogP contribution in [0.3, 0.4) is 0 Å². The van der Waals surface area contributed by atoms with Crippen LogP contribution in [0.15, 0.2) is 47.4 Å². The molecule has 2 N–H and O–H groups in total. The Bertz CT molecular complexity index is 1010. The minimum absolute atomic E-state index is 0.0246. The SMILES string of the molecule is Cc1ccc(S(=O)(=O)NC(C)(C)C)cc1C(=O)NCC(C)(C)c1ccccc1F. The summed E-state index contributed by atoms with van der Waals surface area (Å²) in [7, 11) is -3.76. The van der Waals surface area contributed by atoms with Gasteiger partial charge in [-0.1, -0.05) is 38.1 Å². The molecule has 0 aromatic heterocycles. The topological polar surface area (TPSA) is 75.3 Å². The number of carbonyl (C=O) groups is 1. The summed E-state index contributed by atoms with van der Waals surface area (Å²) < 4.78 is 41.9. The minimum Gasteiger partial charge on any atom is -0.351 e. The van der Waals surface area contributed by atoms with Crippen molar-refractivity contribution in [2.75, 3.05) is 6.54 Å². The van der Waals surface area contributed by atoms with Gasteiger partial charge in [-0.2, -0.15) is 0 Å². The fourth-order valence-electron chi connectivity index (χ4n) is 2.98. The summed E-state index contributed by atoms with van der Waals surface area (Å²) >= 11 is 0. The Kier molecular flexibility index (Phi) is 6.55. The molecule has 0 unspecified atom stereocenters. The zero-order chi connectivity index (χ0) is 22.0. The van der Waals surface area contributed by atoms with E-state index in [4.69, 9.17) is 0 Å². The van der Waals surface area contributed by atoms with E-state index in [-0.39, 0.29) is 22.8 Å². The second-order valence-corrected chi connectivity index (χ2v) is 10.6. The van der Waals surface area contributed by atoms with Gasteiger partial charge in [-0.05, 0) is 57.0 Å². The van der Waals surface area contributed by atoms with Crippen LogP contribution in [-0.2, 0) is 15.4 Å². The zero-order valence-corrected chi connectivity index (χ0v) is 18.6. The summed E-state index contributed by atoms with van der Waals surface area (Å²) in [6.07, 6.45) is 0. The number of benzene rings is 2. The van der Waals surface area contributed by atoms with Crippen molar-refractivity contribution < 1.29 is 17.6 Å². The van der Waals surface area contributed by atoms with Gasteiger partial charge in [-0.25, -0.2) is 17.5 Å². The predicted octanol–water partition coefficient (Wildman–Crippen LogP) is 3.92. The maximum absolute atomic E-state index is 14.1. The molecule has 29 heavy (non-hydrogen) atoms. The summed E-state index contributed by atoms with van der Waals surface area (Å²) in [5.41, 5.74) is 0.150. The van der Waals surface area contributed by atoms with Gasteiger partial charge in [0.1, 0.15) is 5.82 Å². The van der Waals surface area contributed by atoms with Gasteiger partial charge >= 0.3 is 0 Å². The predicted molar refractivity (Wildman–Crippen MR) is 113 cm³/mol. The van der Waals surface area contributed by atoms with E-state index in [0.717, 1.165) is 0 Å². The van der Waals surface area contributed by atoms with Crippen LogP contribution in [0.25, 0.3) is 0 Å². The highest BCUT2D eigenvalue weighted by Crippen LogP contribution is 2.25. The maximum Gasteiger partial charge on any atom is 0.251 e. The monoisotopic (exact) mass is 420 g/mol. The number of sulfonamides is 1. The van der Waals surface area contributed by atoms with E-state index in [1.807, 2.05) is 13.8 Å². The van der Waals surface area contributed by atoms with Gasteiger partial charge < -0.3 is 5.32 Å². The second-order valence-electron chi connectivity index (χ2n) is 8.88. The Labute approximate surface area is 172 Å². The van der Waals surface area contributed by atoms with Gasteiger partial charge in [-0.15, -0.1) is 0 Å². The number of nitrogens with one attached hydrogen (secondary N) is 2. The third-order valence-electron chi connectivity index (χ3n) is 4.50. The molecule has 0 aliphatic carbocycles. The van der Waals surface area contributed by atoms with Crippen molar-refractivity contribution >= 4 is 15.9 Å². The Morgan fingerprint density at radius 1 is 1.03 bits per heavy atom. The normalized spacial score (nSPS) is 12.7. The van der Waals surface area contributed by atoms with Crippen LogP contribution in [0.5, 0.6) is 0 Å². The fraction of sp³-hybridized carbons (Fsp3) is 0.409. The lowest BCUT2D eigenvalue weighted by atomic mass is 9.84. The van der Waals surface area contributed by atoms with Crippen LogP contribution < -0.4 is 10.0 Å². The number of halogens is 1. The molecule has 0 spiro atoms. The van der Waals surface area contributed by atoms with Gasteiger partial charge in [0, 0.05) is 23.1 Å². The van der Waals surface area contributed by atoms with Crippen molar-refractivity contribution in [2.24, 2.45) is 0 Å². The number of hydrogen-bond donors (Lipinski definition) is 2. The zero-order valence-electron chi connectivity index (χ0n) is 17.8. The van der Waals surface area contributed by atoms with E-state index in [9.17, 15) is 17.6 Å². The fourth-order valence-corrected chi connectivity index (χ4v) is 4.42. The molecule has 158 valence electrons. The number of rotatable bonds is 6. The molecule has 7 heteroatoms. The Morgan fingerprint density at radius 3 is 2.24 bits per heavy atom. The summed E-state index contributed by atoms with van der Waals surface area (Å²) in [4.78, 5) is 12.8. The third-order valence-corrected chi connectivity index (χ3v) is 6.25. The summed E-state index contributed by atoms with van der Waals surface area (Å²) in [6.45, 7) is 10.9. The van der Waals surface area contributed by atoms with Crippen LogP contribution >= 0.6 is 0 Å². The summed E-state index contributed by atoms with van der Waals surface area (Å²) in [5.74, 6) is -0.732. The van der Waals surface area contributed by atoms with Crippen LogP contribution in [0.2, 0.25) is 0 Å². The Balaban J connectivity index is 2.24. The highest BCUT2D eigenvalue weighted by Gasteiger charge is 2.26. The number of amides is 1. The standard InChI is InChI=1S/C22H29FN2O3S/c1-15-11-12-16(29(27,28)25-21(2,3)4)13-17(15)20(26)24-14-22(5,6)18-9-7-8-10-19(18)23/h7-13,25H,14H2,1-6H3,(H,24,26). The van der Waals surface area contributed by atoms with E-state index < -0.39 is 26.9 Å². The average Bonchev–Trinajstić information content (AvgIpc) is 2.58. The van der Waals surface area contributed by atoms with Gasteiger partial charge in [-0.3, -0.25) is 4.79 Å². The van der Waals surface area contributed by atoms with Gasteiger partial charge in [0.2, 0.25) is 10.0 Å². The van der Waals surface area contributed by atoms with Crippen molar-refractivity contribution in [1.29, 1.82) is 0 Å². The van der Waals surface area contributed by atoms with Crippen LogP contribution in [-0.4, -0.2) is 26.4 Å². The minimum atomic E-state index is -3.76. The molecule has 1 amide bonds. The molecule has 2 rings (SSSR count). The molecule has 0 heterocycles. The van der Waals surface area contributed by atoms with Crippen molar-refractivity contribution in [3.8, 4) is 0 Å². The molecule has 2 aromatic carbocycles. The van der Waals surface area contributed by atoms with Gasteiger partial charge in [0.25, 0.3) is 5.91 Å². The molecule has 0 atom stereocenters. The lowest BCUT2D eigenvalue weighted by Crippen LogP contribution is -2.40. The third kappa shape index (κ3) is 5.87. The maximum atomic E-state index is 14.1. The Morgan fingerprint density at radius 2 is 1.66 bits per heavy atom. The lowest BCUT2D eigenvalue weighted by molar-refractivity contribution is 0.0944. The molecular weight excluding hydrogens is 391 g/mol. The van der Waals surface area contributed by atoms with Crippen molar-refractivity contribution in [1.82, 2.24) is 10.0 Å². The smallest absolute Gasteiger partial charge is 0.251 e. The largest absolute Gasteiger partial charge is 0.351 e. The molecule has 0 saturated carbocycles. The van der Waals surface area contributed by atoms with E-state index in [2.05, 4.69) is 10.0 Å². The molecule has 0 saturated heterocycles. The van der Waals surface area contributed by atoms with Crippen molar-refractivity contribution in [3.05, 3.63) is 65.0 Å². The highest BCUT2D eigenvalue weighted by molar-refractivity contribution is 7.89. The highest BCUT2D eigenvalue weighted by atomic mass is 32.2. The lowest BCUT2D eigenvalue weighted by Gasteiger charge is -2.26. The van der Waals surface area contributed by atoms with Gasteiger partial charge in [0.05, 0.1) is 4.90 Å². The second kappa shape index (κ2) is 8.24. The summed E-state index contributed by atoms with van der Waals surface area (Å²) in [6, 6.07) is 10.9. The molecule has 2 aromatic rings. The molecule has 0 radical (unpaired) electrons. The number of aryl methyl sites for hydroxylation is 1. The molecule has 0 aliphatic rings. The van der Waals surface area contributed by atoms with Gasteiger partial charge in [0.15, 0.2) is 0 Å². The molecule has 5 nitrogen and oxygen atoms in total. The van der Waals surface area contributed by atoms with Crippen molar-refractivity contribution in [3.63, 3.8) is 0 Å². The molecule has 0 fully saturated rings. The quantitative estimate of drug-likeness (QED) is 0.744. The van der Waals surface area contributed by atoms with E-state index >= 15 is 0 Å². The average molecular weight is 421 g/mol. The van der Waals surface area contributed by atoms with Crippen LogP contribution in [0, 0.1) is 12.7 Å². The van der Waals surface area contributed by atoms with E-state index in [1.165, 1.54) is 18.2 Å². The molecule has 0 aliphatic heterocycles. The van der Waals surface area contributed by atoms with E-state index in [0.29, 0.717) is 11.1 Å². The number of hydrogen-bond acceptors (Lipinski definition) is 3. The first-order valence-electron chi connectivity index (χ1n) is 9.41. The van der Waals surface area contributed by atoms with Crippen LogP contribution in [0.1, 0.15) is 56.1 Å². The first-order valence-corrected chi connectivity index (χ1v) is 10.9. The first-order chi connectivity index (χ1) is 13.2. The number of carbonyl (C=O) groups excluding carboxylic acids is 1. The molecular formula is C22H29FN2O3S. The first kappa shape index (κ1) is 23.0. The summed E-state index contributed by atoms with van der Waals surface area (Å²) in [5, 5.41) is 2.81. The van der Waals surface area contributed by atoms with Crippen molar-refractivity contribution in [2.45, 2.75) is 57.4 Å². The Hall–Kier alpha value is -2.25. The van der Waals surface area contributed by atoms with E-state index in [1.54, 1.807) is 52.0 Å².